The topological polar surface area (TPSA) is 8.17 Å². The third-order valence-electron chi connectivity index (χ3n) is 10.0. The van der Waals surface area contributed by atoms with Gasteiger partial charge in [0, 0.05) is 39.4 Å². The number of anilines is 3. The highest BCUT2D eigenvalue weighted by atomic mass is 15.1. The maximum absolute atomic E-state index is 2.43. The number of fused-ring (bicyclic) bond motifs is 5. The van der Waals surface area contributed by atoms with E-state index >= 15 is 0 Å². The van der Waals surface area contributed by atoms with Gasteiger partial charge in [-0.15, -0.1) is 0 Å². The van der Waals surface area contributed by atoms with E-state index in [0.29, 0.717) is 0 Å². The first-order valence-electron chi connectivity index (χ1n) is 16.4. The van der Waals surface area contributed by atoms with Crippen molar-refractivity contribution in [2.75, 3.05) is 4.90 Å². The van der Waals surface area contributed by atoms with Gasteiger partial charge >= 0.3 is 0 Å². The largest absolute Gasteiger partial charge is 0.317 e. The second-order valence-electron chi connectivity index (χ2n) is 13.1. The minimum Gasteiger partial charge on any atom is -0.317 e. The third kappa shape index (κ3) is 4.40. The molecule has 0 fully saturated rings. The summed E-state index contributed by atoms with van der Waals surface area (Å²) in [5.41, 5.74) is 13.6. The van der Waals surface area contributed by atoms with Crippen LogP contribution in [-0.2, 0) is 5.41 Å². The molecule has 0 spiro atoms. The summed E-state index contributed by atoms with van der Waals surface area (Å²) < 4.78 is 2.25. The number of nitrogens with zero attached hydrogens (tertiary/aromatic N) is 2. The van der Waals surface area contributed by atoms with E-state index in [1.807, 2.05) is 0 Å². The molecule has 0 amide bonds. The summed E-state index contributed by atoms with van der Waals surface area (Å²) in [6.45, 7) is 4.70. The van der Waals surface area contributed by atoms with Crippen molar-refractivity contribution in [2.45, 2.75) is 19.3 Å². The van der Waals surface area contributed by atoms with E-state index in [0.717, 1.165) is 11.4 Å². The summed E-state index contributed by atoms with van der Waals surface area (Å²) in [7, 11) is 0. The van der Waals surface area contributed by atoms with E-state index in [1.165, 1.54) is 66.4 Å². The van der Waals surface area contributed by atoms with Crippen molar-refractivity contribution >= 4 is 38.7 Å². The van der Waals surface area contributed by atoms with Gasteiger partial charge < -0.3 is 9.47 Å². The van der Waals surface area contributed by atoms with Crippen LogP contribution in [0.25, 0.3) is 49.6 Å². The lowest BCUT2D eigenvalue weighted by molar-refractivity contribution is 0.660. The molecule has 8 aromatic rings. The van der Waals surface area contributed by atoms with E-state index in [2.05, 4.69) is 193 Å². The van der Waals surface area contributed by atoms with E-state index in [9.17, 15) is 0 Å². The van der Waals surface area contributed by atoms with Crippen molar-refractivity contribution in [3.8, 4) is 27.9 Å². The molecule has 2 nitrogen and oxygen atoms in total. The van der Waals surface area contributed by atoms with Gasteiger partial charge in [0.05, 0.1) is 11.2 Å². The second-order valence-corrected chi connectivity index (χ2v) is 13.1. The average Bonchev–Trinajstić information content (AvgIpc) is 3.65. The second kappa shape index (κ2) is 10.6. The van der Waals surface area contributed by atoms with Crippen LogP contribution in [0.15, 0.2) is 170 Å². The van der Waals surface area contributed by atoms with E-state index in [-0.39, 0.29) is 5.41 Å². The Kier molecular flexibility index (Phi) is 6.20. The highest BCUT2D eigenvalue weighted by Gasteiger charge is 2.35. The monoisotopic (exact) mass is 602 g/mol. The molecule has 0 unspecified atom stereocenters. The Morgan fingerprint density at radius 2 is 1.19 bits per heavy atom. The molecular weight excluding hydrogens is 569 g/mol. The van der Waals surface area contributed by atoms with Gasteiger partial charge in [0.1, 0.15) is 0 Å². The molecule has 0 N–H and O–H groups in total. The predicted octanol–water partition coefficient (Wildman–Crippen LogP) is 12.2. The van der Waals surface area contributed by atoms with Crippen molar-refractivity contribution in [1.29, 1.82) is 0 Å². The van der Waals surface area contributed by atoms with Crippen molar-refractivity contribution in [3.63, 3.8) is 0 Å². The Morgan fingerprint density at radius 1 is 0.489 bits per heavy atom. The fraction of sp³-hybridized carbons (Fsp3) is 0.0667. The Labute approximate surface area is 275 Å². The minimum atomic E-state index is -0.0751. The zero-order valence-corrected chi connectivity index (χ0v) is 26.6. The van der Waals surface area contributed by atoms with Crippen LogP contribution in [-0.4, -0.2) is 4.57 Å². The Hall–Kier alpha value is -5.86. The molecular formula is C45H34N2. The highest BCUT2D eigenvalue weighted by Crippen LogP contribution is 2.51. The summed E-state index contributed by atoms with van der Waals surface area (Å²) in [4.78, 5) is 2.43. The van der Waals surface area contributed by atoms with Gasteiger partial charge in [-0.25, -0.2) is 0 Å². The van der Waals surface area contributed by atoms with Crippen molar-refractivity contribution in [3.05, 3.63) is 181 Å². The first-order valence-corrected chi connectivity index (χ1v) is 16.4. The summed E-state index contributed by atoms with van der Waals surface area (Å²) in [6, 6.07) is 59.7. The lowest BCUT2D eigenvalue weighted by atomic mass is 9.82. The van der Waals surface area contributed by atoms with Crippen LogP contribution in [0.5, 0.6) is 0 Å². The van der Waals surface area contributed by atoms with Crippen LogP contribution in [0.3, 0.4) is 0 Å². The summed E-state index contributed by atoms with van der Waals surface area (Å²) in [5, 5.41) is 3.70. The fourth-order valence-corrected chi connectivity index (χ4v) is 7.60. The molecule has 0 saturated carbocycles. The van der Waals surface area contributed by atoms with Gasteiger partial charge in [-0.3, -0.25) is 0 Å². The Balaban J connectivity index is 1.15. The summed E-state index contributed by atoms with van der Waals surface area (Å²) in [6.07, 6.45) is 2.16. The van der Waals surface area contributed by atoms with Crippen molar-refractivity contribution < 1.29 is 0 Å². The molecule has 9 rings (SSSR count). The predicted molar refractivity (Wildman–Crippen MR) is 198 cm³/mol. The number of hydrogen-bond acceptors (Lipinski definition) is 1. The summed E-state index contributed by atoms with van der Waals surface area (Å²) in [5.74, 6) is 0. The Bertz CT molecular complexity index is 2420. The number of rotatable bonds is 5. The standard InChI is InChI=1S/C45H34N2/c1-45(2)41-17-9-8-16-39(41)40-25-24-37(30-42(40)45)47(44-18-10-12-32-11-6-7-15-38(32)44)36-22-19-31(20-23-36)33-21-26-43-34(29-33)27-28-46(43)35-13-4-3-5-14-35/h3-30H,1-2H3. The highest BCUT2D eigenvalue weighted by molar-refractivity contribution is 5.99. The zero-order valence-electron chi connectivity index (χ0n) is 26.6. The summed E-state index contributed by atoms with van der Waals surface area (Å²) >= 11 is 0. The number of aromatic nitrogens is 1. The van der Waals surface area contributed by atoms with Crippen LogP contribution >= 0.6 is 0 Å². The number of para-hydroxylation sites is 1. The van der Waals surface area contributed by atoms with Crippen LogP contribution in [0.1, 0.15) is 25.0 Å². The molecule has 7 aromatic carbocycles. The molecule has 224 valence electrons. The van der Waals surface area contributed by atoms with Crippen LogP contribution in [0.2, 0.25) is 0 Å². The lowest BCUT2D eigenvalue weighted by Crippen LogP contribution is -2.16. The lowest BCUT2D eigenvalue weighted by Gasteiger charge is -2.29. The zero-order chi connectivity index (χ0) is 31.5. The molecule has 0 radical (unpaired) electrons. The molecule has 1 heterocycles. The quantitative estimate of drug-likeness (QED) is 0.190. The number of hydrogen-bond donors (Lipinski definition) is 0. The average molecular weight is 603 g/mol. The molecule has 2 heteroatoms. The van der Waals surface area contributed by atoms with Crippen molar-refractivity contribution in [1.82, 2.24) is 4.57 Å². The van der Waals surface area contributed by atoms with Gasteiger partial charge in [0.25, 0.3) is 0 Å². The van der Waals surface area contributed by atoms with E-state index < -0.39 is 0 Å². The Morgan fingerprint density at radius 3 is 2.06 bits per heavy atom. The maximum Gasteiger partial charge on any atom is 0.0540 e. The normalized spacial score (nSPS) is 13.1. The van der Waals surface area contributed by atoms with Gasteiger partial charge in [-0.2, -0.15) is 0 Å². The van der Waals surface area contributed by atoms with Gasteiger partial charge in [-0.05, 0) is 99.4 Å². The molecule has 47 heavy (non-hydrogen) atoms. The smallest absolute Gasteiger partial charge is 0.0540 e. The first kappa shape index (κ1) is 27.5. The van der Waals surface area contributed by atoms with E-state index in [1.54, 1.807) is 0 Å². The van der Waals surface area contributed by atoms with Crippen LogP contribution < -0.4 is 4.90 Å². The molecule has 1 aromatic heterocycles. The van der Waals surface area contributed by atoms with E-state index in [4.69, 9.17) is 0 Å². The van der Waals surface area contributed by atoms with Crippen LogP contribution in [0.4, 0.5) is 17.1 Å². The van der Waals surface area contributed by atoms with Gasteiger partial charge in [0.15, 0.2) is 0 Å². The SMILES string of the molecule is CC1(C)c2ccccc2-c2ccc(N(c3ccc(-c4ccc5c(ccn5-c5ccccc5)c4)cc3)c3cccc4ccccc34)cc21. The molecule has 0 bridgehead atoms. The first-order chi connectivity index (χ1) is 23.1. The van der Waals surface area contributed by atoms with Gasteiger partial charge in [-0.1, -0.05) is 117 Å². The third-order valence-corrected chi connectivity index (χ3v) is 10.0. The molecule has 0 aliphatic heterocycles. The van der Waals surface area contributed by atoms with Crippen LogP contribution in [0, 0.1) is 0 Å². The molecule has 0 saturated heterocycles. The molecule has 1 aliphatic rings. The van der Waals surface area contributed by atoms with Crippen molar-refractivity contribution in [2.24, 2.45) is 0 Å². The molecule has 0 atom stereocenters. The minimum absolute atomic E-state index is 0.0751. The maximum atomic E-state index is 2.43. The van der Waals surface area contributed by atoms with Gasteiger partial charge in [0.2, 0.25) is 0 Å². The molecule has 1 aliphatic carbocycles. The number of benzene rings is 7. The fourth-order valence-electron chi connectivity index (χ4n) is 7.60.